The lowest BCUT2D eigenvalue weighted by atomic mass is 10.1. The highest BCUT2D eigenvalue weighted by molar-refractivity contribution is 6.30. The third kappa shape index (κ3) is 5.07. The van der Waals surface area contributed by atoms with Crippen molar-refractivity contribution in [3.05, 3.63) is 95.7 Å². The SMILES string of the molecule is O=C(CCc1ncc(-c2ccc(Cl)cc2)o1)NNC(=O)c1cc(-c2ccco2)nc2ccccc12. The Bertz CT molecular complexity index is 1490. The van der Waals surface area contributed by atoms with Gasteiger partial charge in [0.05, 0.1) is 23.5 Å². The number of oxazole rings is 1. The summed E-state index contributed by atoms with van der Waals surface area (Å²) in [5.41, 5.74) is 7.28. The van der Waals surface area contributed by atoms with Gasteiger partial charge in [0.15, 0.2) is 17.4 Å². The molecule has 5 aromatic rings. The maximum Gasteiger partial charge on any atom is 0.270 e. The lowest BCUT2D eigenvalue weighted by molar-refractivity contribution is -0.121. The average molecular weight is 487 g/mol. The monoisotopic (exact) mass is 486 g/mol. The summed E-state index contributed by atoms with van der Waals surface area (Å²) in [5, 5.41) is 1.29. The van der Waals surface area contributed by atoms with Gasteiger partial charge in [-0.1, -0.05) is 29.8 Å². The molecule has 3 heterocycles. The Labute approximate surface area is 204 Å². The van der Waals surface area contributed by atoms with Crippen molar-refractivity contribution in [1.82, 2.24) is 20.8 Å². The van der Waals surface area contributed by atoms with Crippen LogP contribution in [0.5, 0.6) is 0 Å². The smallest absolute Gasteiger partial charge is 0.270 e. The molecule has 3 aromatic heterocycles. The van der Waals surface area contributed by atoms with Crippen LogP contribution < -0.4 is 10.9 Å². The first kappa shape index (κ1) is 22.4. The predicted molar refractivity (Wildman–Crippen MR) is 130 cm³/mol. The molecule has 0 radical (unpaired) electrons. The lowest BCUT2D eigenvalue weighted by Gasteiger charge is -2.10. The minimum atomic E-state index is -0.467. The molecule has 9 heteroatoms. The quantitative estimate of drug-likeness (QED) is 0.319. The molecule has 0 aliphatic heterocycles. The summed E-state index contributed by atoms with van der Waals surface area (Å²) in [5.74, 6) is 0.694. The van der Waals surface area contributed by atoms with Crippen molar-refractivity contribution < 1.29 is 18.4 Å². The number of fused-ring (bicyclic) bond motifs is 1. The van der Waals surface area contributed by atoms with Crippen LogP contribution in [0.3, 0.4) is 0 Å². The Balaban J connectivity index is 1.22. The molecule has 0 saturated carbocycles. The second kappa shape index (κ2) is 9.82. The highest BCUT2D eigenvalue weighted by Crippen LogP contribution is 2.25. The van der Waals surface area contributed by atoms with E-state index in [1.165, 1.54) is 0 Å². The summed E-state index contributed by atoms with van der Waals surface area (Å²) >= 11 is 5.91. The second-order valence-electron chi connectivity index (χ2n) is 7.68. The number of aromatic nitrogens is 2. The molecule has 2 aromatic carbocycles. The number of hydrogen-bond acceptors (Lipinski definition) is 6. The Morgan fingerprint density at radius 1 is 0.943 bits per heavy atom. The molecular formula is C26H19ClN4O4. The summed E-state index contributed by atoms with van der Waals surface area (Å²) in [6.07, 6.45) is 3.49. The molecule has 0 fully saturated rings. The molecule has 0 spiro atoms. The minimum Gasteiger partial charge on any atom is -0.463 e. The van der Waals surface area contributed by atoms with Gasteiger partial charge in [-0.05, 0) is 48.5 Å². The van der Waals surface area contributed by atoms with Crippen LogP contribution in [-0.4, -0.2) is 21.8 Å². The van der Waals surface area contributed by atoms with Gasteiger partial charge in [0.25, 0.3) is 5.91 Å². The number of nitrogens with one attached hydrogen (secondary N) is 2. The first-order chi connectivity index (χ1) is 17.1. The number of rotatable bonds is 6. The molecule has 2 amide bonds. The van der Waals surface area contributed by atoms with E-state index >= 15 is 0 Å². The van der Waals surface area contributed by atoms with Crippen LogP contribution in [0.25, 0.3) is 33.7 Å². The summed E-state index contributed by atoms with van der Waals surface area (Å²) < 4.78 is 11.1. The molecule has 0 aliphatic carbocycles. The van der Waals surface area contributed by atoms with Gasteiger partial charge in [0.1, 0.15) is 5.69 Å². The number of hydrazine groups is 1. The van der Waals surface area contributed by atoms with Gasteiger partial charge in [-0.15, -0.1) is 0 Å². The van der Waals surface area contributed by atoms with Crippen molar-refractivity contribution in [3.63, 3.8) is 0 Å². The van der Waals surface area contributed by atoms with E-state index < -0.39 is 5.91 Å². The molecule has 0 saturated heterocycles. The minimum absolute atomic E-state index is 0.0790. The molecule has 2 N–H and O–H groups in total. The van der Waals surface area contributed by atoms with Crippen molar-refractivity contribution in [2.75, 3.05) is 0 Å². The van der Waals surface area contributed by atoms with Crippen LogP contribution in [0.4, 0.5) is 0 Å². The van der Waals surface area contributed by atoms with E-state index in [-0.39, 0.29) is 18.7 Å². The number of para-hydroxylation sites is 1. The highest BCUT2D eigenvalue weighted by Gasteiger charge is 2.16. The maximum absolute atomic E-state index is 12.9. The molecule has 174 valence electrons. The lowest BCUT2D eigenvalue weighted by Crippen LogP contribution is -2.41. The van der Waals surface area contributed by atoms with Gasteiger partial charge in [0, 0.05) is 28.8 Å². The van der Waals surface area contributed by atoms with Gasteiger partial charge in [-0.25, -0.2) is 9.97 Å². The number of hydrogen-bond donors (Lipinski definition) is 2. The molecule has 0 bridgehead atoms. The highest BCUT2D eigenvalue weighted by atomic mass is 35.5. The fourth-order valence-corrected chi connectivity index (χ4v) is 3.69. The van der Waals surface area contributed by atoms with Crippen LogP contribution >= 0.6 is 11.6 Å². The Morgan fingerprint density at radius 3 is 2.57 bits per heavy atom. The predicted octanol–water partition coefficient (Wildman–Crippen LogP) is 5.20. The number of carbonyl (C=O) groups excluding carboxylic acids is 2. The molecule has 35 heavy (non-hydrogen) atoms. The second-order valence-corrected chi connectivity index (χ2v) is 8.11. The topological polar surface area (TPSA) is 110 Å². The van der Waals surface area contributed by atoms with E-state index in [1.54, 1.807) is 48.9 Å². The number of benzene rings is 2. The molecule has 0 atom stereocenters. The molecular weight excluding hydrogens is 468 g/mol. The third-order valence-corrected chi connectivity index (χ3v) is 5.55. The van der Waals surface area contributed by atoms with Gasteiger partial charge in [0.2, 0.25) is 5.91 Å². The molecule has 0 unspecified atom stereocenters. The number of amides is 2. The Kier molecular flexibility index (Phi) is 6.28. The van der Waals surface area contributed by atoms with E-state index in [9.17, 15) is 9.59 Å². The van der Waals surface area contributed by atoms with E-state index in [1.807, 2.05) is 30.3 Å². The van der Waals surface area contributed by atoms with Crippen LogP contribution in [-0.2, 0) is 11.2 Å². The van der Waals surface area contributed by atoms with Crippen LogP contribution in [0.2, 0.25) is 5.02 Å². The summed E-state index contributed by atoms with van der Waals surface area (Å²) in [6, 6.07) is 19.6. The zero-order valence-corrected chi connectivity index (χ0v) is 19.1. The fourth-order valence-electron chi connectivity index (χ4n) is 3.56. The number of halogens is 1. The summed E-state index contributed by atoms with van der Waals surface area (Å²) in [7, 11) is 0. The van der Waals surface area contributed by atoms with Crippen molar-refractivity contribution in [1.29, 1.82) is 0 Å². The van der Waals surface area contributed by atoms with Gasteiger partial charge in [-0.2, -0.15) is 0 Å². The van der Waals surface area contributed by atoms with E-state index in [0.717, 1.165) is 5.56 Å². The van der Waals surface area contributed by atoms with E-state index in [0.29, 0.717) is 44.6 Å². The first-order valence-electron chi connectivity index (χ1n) is 10.8. The Morgan fingerprint density at radius 2 is 1.77 bits per heavy atom. The zero-order valence-electron chi connectivity index (χ0n) is 18.3. The molecule has 8 nitrogen and oxygen atoms in total. The fraction of sp³-hybridized carbons (Fsp3) is 0.0769. The summed E-state index contributed by atoms with van der Waals surface area (Å²) in [6.45, 7) is 0. The number of pyridine rings is 1. The number of nitrogens with zero attached hydrogens (tertiary/aromatic N) is 2. The maximum atomic E-state index is 12.9. The van der Waals surface area contributed by atoms with E-state index in [4.69, 9.17) is 20.4 Å². The first-order valence-corrected chi connectivity index (χ1v) is 11.2. The van der Waals surface area contributed by atoms with Crippen molar-refractivity contribution in [2.24, 2.45) is 0 Å². The summed E-state index contributed by atoms with van der Waals surface area (Å²) in [4.78, 5) is 34.0. The van der Waals surface area contributed by atoms with Crippen molar-refractivity contribution in [3.8, 4) is 22.8 Å². The zero-order chi connectivity index (χ0) is 24.2. The normalized spacial score (nSPS) is 10.9. The van der Waals surface area contributed by atoms with E-state index in [2.05, 4.69) is 20.8 Å². The largest absolute Gasteiger partial charge is 0.463 e. The van der Waals surface area contributed by atoms with Crippen molar-refractivity contribution >= 4 is 34.3 Å². The van der Waals surface area contributed by atoms with Crippen LogP contribution in [0.15, 0.2) is 88.0 Å². The van der Waals surface area contributed by atoms with Gasteiger partial charge < -0.3 is 8.83 Å². The van der Waals surface area contributed by atoms with Crippen LogP contribution in [0, 0.1) is 0 Å². The van der Waals surface area contributed by atoms with Gasteiger partial charge in [-0.3, -0.25) is 20.4 Å². The van der Waals surface area contributed by atoms with Crippen LogP contribution in [0.1, 0.15) is 22.7 Å². The number of carbonyl (C=O) groups is 2. The standard InChI is InChI=1S/C26H19ClN4O4/c27-17-9-7-16(8-10-17)23-15-28-25(35-23)12-11-24(32)30-31-26(33)19-14-21(22-6-3-13-34-22)29-20-5-2-1-4-18(19)20/h1-10,13-15H,11-12H2,(H,30,32)(H,31,33). The van der Waals surface area contributed by atoms with Crippen molar-refractivity contribution in [2.45, 2.75) is 12.8 Å². The molecule has 0 aliphatic rings. The average Bonchev–Trinajstić information content (AvgIpc) is 3.59. The number of aryl methyl sites for hydroxylation is 1. The Hall–Kier alpha value is -4.43. The van der Waals surface area contributed by atoms with Gasteiger partial charge >= 0.3 is 0 Å². The number of furan rings is 1. The third-order valence-electron chi connectivity index (χ3n) is 5.30. The molecule has 5 rings (SSSR count).